The van der Waals surface area contributed by atoms with Gasteiger partial charge < -0.3 is 10.1 Å². The summed E-state index contributed by atoms with van der Waals surface area (Å²) in [6, 6.07) is 0.502. The number of methoxy groups -OCH3 is 1. The van der Waals surface area contributed by atoms with Gasteiger partial charge in [0.15, 0.2) is 0 Å². The molecule has 0 radical (unpaired) electrons. The molecule has 0 aromatic heterocycles. The Hall–Kier alpha value is -0.0800. The molecule has 1 aliphatic rings. The second-order valence-corrected chi connectivity index (χ2v) is 2.78. The molecule has 9 heavy (non-hydrogen) atoms. The largest absolute Gasteiger partial charge is 0.377 e. The van der Waals surface area contributed by atoms with Gasteiger partial charge in [-0.15, -0.1) is 0 Å². The van der Waals surface area contributed by atoms with Gasteiger partial charge in [-0.3, -0.25) is 0 Å². The normalized spacial score (nSPS) is 25.7. The zero-order valence-corrected chi connectivity index (χ0v) is 6.40. The number of rotatable bonds is 3. The van der Waals surface area contributed by atoms with Crippen LogP contribution in [0, 0.1) is 0 Å². The van der Waals surface area contributed by atoms with E-state index in [4.69, 9.17) is 4.74 Å². The molecule has 1 fully saturated rings. The molecule has 1 N–H and O–H groups in total. The molecule has 1 unspecified atom stereocenters. The van der Waals surface area contributed by atoms with E-state index in [1.807, 2.05) is 7.05 Å². The van der Waals surface area contributed by atoms with Crippen LogP contribution in [0.1, 0.15) is 19.8 Å². The molecular weight excluding hydrogens is 114 g/mol. The first-order valence-corrected chi connectivity index (χ1v) is 3.47. The first-order chi connectivity index (χ1) is 4.25. The van der Waals surface area contributed by atoms with Crippen LogP contribution < -0.4 is 5.32 Å². The molecule has 0 aromatic carbocycles. The fourth-order valence-corrected chi connectivity index (χ4v) is 1.20. The third-order valence-electron chi connectivity index (χ3n) is 2.37. The Kier molecular flexibility index (Phi) is 1.78. The van der Waals surface area contributed by atoms with Crippen LogP contribution >= 0.6 is 0 Å². The van der Waals surface area contributed by atoms with Gasteiger partial charge in [-0.1, -0.05) is 0 Å². The maximum absolute atomic E-state index is 5.34. The topological polar surface area (TPSA) is 21.3 Å². The summed E-state index contributed by atoms with van der Waals surface area (Å²) in [6.45, 7) is 2.16. The van der Waals surface area contributed by atoms with Gasteiger partial charge in [0.05, 0.1) is 5.60 Å². The van der Waals surface area contributed by atoms with Crippen molar-refractivity contribution in [3.05, 3.63) is 0 Å². The van der Waals surface area contributed by atoms with E-state index in [1.165, 1.54) is 12.8 Å². The average Bonchev–Trinajstić information content (AvgIpc) is 2.66. The Morgan fingerprint density at radius 3 is 2.22 bits per heavy atom. The number of likely N-dealkylation sites (N-methyl/N-ethyl adjacent to an activating group) is 1. The number of hydrogen-bond donors (Lipinski definition) is 1. The summed E-state index contributed by atoms with van der Waals surface area (Å²) >= 11 is 0. The van der Waals surface area contributed by atoms with Crippen molar-refractivity contribution < 1.29 is 4.74 Å². The molecule has 0 bridgehead atoms. The highest BCUT2D eigenvalue weighted by atomic mass is 16.5. The summed E-state index contributed by atoms with van der Waals surface area (Å²) in [6.07, 6.45) is 2.43. The molecule has 0 aromatic rings. The Labute approximate surface area is 56.6 Å². The van der Waals surface area contributed by atoms with E-state index in [0.29, 0.717) is 6.04 Å². The van der Waals surface area contributed by atoms with Crippen LogP contribution in [0.3, 0.4) is 0 Å². The Balaban J connectivity index is 2.39. The Bertz CT molecular complexity index is 99.1. The fourth-order valence-electron chi connectivity index (χ4n) is 1.20. The van der Waals surface area contributed by atoms with E-state index in [2.05, 4.69) is 12.2 Å². The zero-order valence-electron chi connectivity index (χ0n) is 6.40. The predicted octanol–water partition coefficient (Wildman–Crippen LogP) is 0.773. The maximum Gasteiger partial charge on any atom is 0.0830 e. The summed E-state index contributed by atoms with van der Waals surface area (Å²) in [4.78, 5) is 0. The van der Waals surface area contributed by atoms with Gasteiger partial charge in [0, 0.05) is 13.2 Å². The van der Waals surface area contributed by atoms with Crippen LogP contribution in [0.4, 0.5) is 0 Å². The summed E-state index contributed by atoms with van der Waals surface area (Å²) in [5, 5.41) is 3.19. The number of nitrogens with one attached hydrogen (secondary N) is 1. The van der Waals surface area contributed by atoms with Crippen LogP contribution in [-0.2, 0) is 4.74 Å². The molecule has 1 aliphatic carbocycles. The third kappa shape index (κ3) is 1.10. The SMILES string of the molecule is CNC(C)C1(OC)CC1. The molecule has 0 spiro atoms. The highest BCUT2D eigenvalue weighted by molar-refractivity contribution is 5.02. The van der Waals surface area contributed by atoms with Crippen LogP contribution in [0.5, 0.6) is 0 Å². The van der Waals surface area contributed by atoms with E-state index < -0.39 is 0 Å². The van der Waals surface area contributed by atoms with Gasteiger partial charge in [0.1, 0.15) is 0 Å². The first-order valence-electron chi connectivity index (χ1n) is 3.47. The lowest BCUT2D eigenvalue weighted by Crippen LogP contribution is -2.37. The van der Waals surface area contributed by atoms with E-state index in [0.717, 1.165) is 0 Å². The van der Waals surface area contributed by atoms with E-state index >= 15 is 0 Å². The smallest absolute Gasteiger partial charge is 0.0830 e. The van der Waals surface area contributed by atoms with Crippen molar-refractivity contribution in [2.45, 2.75) is 31.4 Å². The summed E-state index contributed by atoms with van der Waals surface area (Å²) in [7, 11) is 3.77. The van der Waals surface area contributed by atoms with Crippen molar-refractivity contribution in [3.8, 4) is 0 Å². The molecule has 2 heteroatoms. The minimum atomic E-state index is 0.189. The van der Waals surface area contributed by atoms with Crippen LogP contribution in [0.2, 0.25) is 0 Å². The highest BCUT2D eigenvalue weighted by Gasteiger charge is 2.47. The van der Waals surface area contributed by atoms with Crippen molar-refractivity contribution in [3.63, 3.8) is 0 Å². The molecule has 1 atom stereocenters. The molecule has 0 aliphatic heterocycles. The lowest BCUT2D eigenvalue weighted by Gasteiger charge is -2.20. The molecular formula is C7H15NO. The lowest BCUT2D eigenvalue weighted by molar-refractivity contribution is 0.0534. The second-order valence-electron chi connectivity index (χ2n) is 2.78. The van der Waals surface area contributed by atoms with E-state index in [-0.39, 0.29) is 5.60 Å². The van der Waals surface area contributed by atoms with E-state index in [1.54, 1.807) is 7.11 Å². The molecule has 54 valence electrons. The van der Waals surface area contributed by atoms with Gasteiger partial charge in [-0.05, 0) is 26.8 Å². The summed E-state index contributed by atoms with van der Waals surface area (Å²) < 4.78 is 5.34. The average molecular weight is 129 g/mol. The van der Waals surface area contributed by atoms with Crippen molar-refractivity contribution in [1.82, 2.24) is 5.32 Å². The maximum atomic E-state index is 5.34. The molecule has 0 saturated heterocycles. The Morgan fingerprint density at radius 2 is 2.11 bits per heavy atom. The van der Waals surface area contributed by atoms with Gasteiger partial charge in [0.2, 0.25) is 0 Å². The van der Waals surface area contributed by atoms with Crippen molar-refractivity contribution in [2.24, 2.45) is 0 Å². The zero-order chi connectivity index (χ0) is 6.91. The first kappa shape index (κ1) is 7.03. The lowest BCUT2D eigenvalue weighted by atomic mass is 10.1. The van der Waals surface area contributed by atoms with Gasteiger partial charge in [-0.2, -0.15) is 0 Å². The molecule has 1 saturated carbocycles. The quantitative estimate of drug-likeness (QED) is 0.608. The van der Waals surface area contributed by atoms with Crippen molar-refractivity contribution in [1.29, 1.82) is 0 Å². The van der Waals surface area contributed by atoms with Gasteiger partial charge >= 0.3 is 0 Å². The third-order valence-corrected chi connectivity index (χ3v) is 2.37. The van der Waals surface area contributed by atoms with Crippen LogP contribution in [0.25, 0.3) is 0 Å². The van der Waals surface area contributed by atoms with Crippen molar-refractivity contribution in [2.75, 3.05) is 14.2 Å². The minimum absolute atomic E-state index is 0.189. The van der Waals surface area contributed by atoms with Gasteiger partial charge in [0.25, 0.3) is 0 Å². The standard InChI is InChI=1S/C7H15NO/c1-6(8-2)7(9-3)4-5-7/h6,8H,4-5H2,1-3H3. The highest BCUT2D eigenvalue weighted by Crippen LogP contribution is 2.41. The second kappa shape index (κ2) is 2.27. The Morgan fingerprint density at radius 1 is 1.56 bits per heavy atom. The molecule has 1 rings (SSSR count). The van der Waals surface area contributed by atoms with Crippen LogP contribution in [0.15, 0.2) is 0 Å². The minimum Gasteiger partial charge on any atom is -0.377 e. The summed E-state index contributed by atoms with van der Waals surface area (Å²) in [5.74, 6) is 0. The number of ether oxygens (including phenoxy) is 1. The summed E-state index contributed by atoms with van der Waals surface area (Å²) in [5.41, 5.74) is 0.189. The number of hydrogen-bond acceptors (Lipinski definition) is 2. The van der Waals surface area contributed by atoms with Gasteiger partial charge in [-0.25, -0.2) is 0 Å². The van der Waals surface area contributed by atoms with Crippen LogP contribution in [-0.4, -0.2) is 25.8 Å². The molecule has 0 heterocycles. The predicted molar refractivity (Wildman–Crippen MR) is 37.5 cm³/mol. The monoisotopic (exact) mass is 129 g/mol. The van der Waals surface area contributed by atoms with Crippen molar-refractivity contribution >= 4 is 0 Å². The molecule has 2 nitrogen and oxygen atoms in total. The fraction of sp³-hybridized carbons (Fsp3) is 1.00. The van der Waals surface area contributed by atoms with E-state index in [9.17, 15) is 0 Å². The molecule has 0 amide bonds.